The Morgan fingerprint density at radius 1 is 0.857 bits per heavy atom. The minimum absolute atomic E-state index is 0.0712. The molecular weight excluding hydrogens is 528 g/mol. The molecule has 1 aromatic carbocycles. The van der Waals surface area contributed by atoms with E-state index in [-0.39, 0.29) is 18.4 Å². The van der Waals surface area contributed by atoms with Crippen LogP contribution in [0.1, 0.15) is 148 Å². The number of carbonyl (C=O) groups is 2. The second kappa shape index (κ2) is 17.2. The first kappa shape index (κ1) is 37.8. The molecule has 0 fully saturated rings. The smallest absolute Gasteiger partial charge is 0.309 e. The molecule has 1 aliphatic rings. The quantitative estimate of drug-likeness (QED) is 0.177. The topological polar surface area (TPSA) is 104 Å². The van der Waals surface area contributed by atoms with E-state index >= 15 is 0 Å². The average molecular weight is 591 g/mol. The van der Waals surface area contributed by atoms with E-state index in [1.54, 1.807) is 0 Å². The van der Waals surface area contributed by atoms with E-state index in [1.807, 2.05) is 13.8 Å². The summed E-state index contributed by atoms with van der Waals surface area (Å²) in [5.41, 5.74) is 3.30. The number of ether oxygens (including phenoxy) is 1. The summed E-state index contributed by atoms with van der Waals surface area (Å²) in [5, 5.41) is 27.2. The molecule has 0 bridgehead atoms. The van der Waals surface area contributed by atoms with Crippen LogP contribution in [-0.2, 0) is 16.0 Å². The summed E-state index contributed by atoms with van der Waals surface area (Å²) in [6, 6.07) is 0. The van der Waals surface area contributed by atoms with Gasteiger partial charge in [0.15, 0.2) is 0 Å². The summed E-state index contributed by atoms with van der Waals surface area (Å²) in [6.07, 6.45) is 14.1. The van der Waals surface area contributed by atoms with Crippen LogP contribution in [0.15, 0.2) is 0 Å². The van der Waals surface area contributed by atoms with Crippen molar-refractivity contribution < 1.29 is 29.6 Å². The van der Waals surface area contributed by atoms with E-state index < -0.39 is 17.4 Å². The summed E-state index contributed by atoms with van der Waals surface area (Å²) in [4.78, 5) is 20.5. The molecule has 3 N–H and O–H groups in total. The van der Waals surface area contributed by atoms with Crippen LogP contribution in [0.4, 0.5) is 0 Å². The van der Waals surface area contributed by atoms with Gasteiger partial charge in [-0.1, -0.05) is 72.6 Å². The fourth-order valence-electron chi connectivity index (χ4n) is 5.80. The Morgan fingerprint density at radius 2 is 1.38 bits per heavy atom. The van der Waals surface area contributed by atoms with E-state index in [2.05, 4.69) is 41.5 Å². The van der Waals surface area contributed by atoms with Gasteiger partial charge in [0.05, 0.1) is 5.41 Å². The third-order valence-corrected chi connectivity index (χ3v) is 9.41. The van der Waals surface area contributed by atoms with Crippen molar-refractivity contribution in [2.24, 2.45) is 23.2 Å². The molecule has 2 rings (SSSR count). The SMILES string of the molecule is CC(C)(CCC(=O)O)C(=O)O.Cc1c(C)c2c(c(C)c1O)CC[C@@](C)(CCC[C@H](C)CCC[C@H](C)CCCC(C)C)O2. The van der Waals surface area contributed by atoms with Crippen molar-refractivity contribution in [1.82, 2.24) is 0 Å². The lowest BCUT2D eigenvalue weighted by Crippen LogP contribution is -2.37. The molecule has 0 aliphatic carbocycles. The lowest BCUT2D eigenvalue weighted by atomic mass is 9.84. The number of benzene rings is 1. The second-order valence-electron chi connectivity index (χ2n) is 14.5. The van der Waals surface area contributed by atoms with Gasteiger partial charge in [0, 0.05) is 12.0 Å². The van der Waals surface area contributed by atoms with Crippen molar-refractivity contribution >= 4 is 11.9 Å². The molecule has 0 spiro atoms. The van der Waals surface area contributed by atoms with Crippen molar-refractivity contribution in [3.05, 3.63) is 22.3 Å². The van der Waals surface area contributed by atoms with Crippen LogP contribution in [0, 0.1) is 43.9 Å². The third kappa shape index (κ3) is 12.6. The van der Waals surface area contributed by atoms with Gasteiger partial charge in [-0.25, -0.2) is 0 Å². The Labute approximate surface area is 256 Å². The molecule has 0 saturated carbocycles. The van der Waals surface area contributed by atoms with Crippen LogP contribution in [0.2, 0.25) is 0 Å². The summed E-state index contributed by atoms with van der Waals surface area (Å²) >= 11 is 0. The Kier molecular flexibility index (Phi) is 15.4. The summed E-state index contributed by atoms with van der Waals surface area (Å²) in [5.74, 6) is 2.12. The van der Waals surface area contributed by atoms with Crippen molar-refractivity contribution in [3.63, 3.8) is 0 Å². The first-order valence-electron chi connectivity index (χ1n) is 16.4. The van der Waals surface area contributed by atoms with Crippen molar-refractivity contribution in [3.8, 4) is 11.5 Å². The van der Waals surface area contributed by atoms with Crippen molar-refractivity contribution in [2.75, 3.05) is 0 Å². The average Bonchev–Trinajstić information content (AvgIpc) is 2.89. The van der Waals surface area contributed by atoms with Gasteiger partial charge in [-0.05, 0) is 108 Å². The number of rotatable bonds is 16. The number of hydrogen-bond donors (Lipinski definition) is 3. The zero-order valence-electron chi connectivity index (χ0n) is 28.5. The highest BCUT2D eigenvalue weighted by atomic mass is 16.5. The molecule has 42 heavy (non-hydrogen) atoms. The second-order valence-corrected chi connectivity index (χ2v) is 14.5. The Morgan fingerprint density at radius 3 is 1.88 bits per heavy atom. The molecule has 242 valence electrons. The first-order valence-corrected chi connectivity index (χ1v) is 16.4. The van der Waals surface area contributed by atoms with Gasteiger partial charge < -0.3 is 20.1 Å². The maximum Gasteiger partial charge on any atom is 0.309 e. The van der Waals surface area contributed by atoms with E-state index in [0.29, 0.717) is 5.75 Å². The number of carboxylic acid groups (broad SMARTS) is 2. The highest BCUT2D eigenvalue weighted by Gasteiger charge is 2.34. The van der Waals surface area contributed by atoms with Crippen molar-refractivity contribution in [2.45, 2.75) is 158 Å². The fraction of sp³-hybridized carbons (Fsp3) is 0.778. The van der Waals surface area contributed by atoms with Crippen LogP contribution in [0.3, 0.4) is 0 Å². The zero-order chi connectivity index (χ0) is 32.3. The lowest BCUT2D eigenvalue weighted by molar-refractivity contribution is -0.148. The van der Waals surface area contributed by atoms with E-state index in [9.17, 15) is 14.7 Å². The lowest BCUT2D eigenvalue weighted by Gasteiger charge is -2.38. The summed E-state index contributed by atoms with van der Waals surface area (Å²) in [6.45, 7) is 21.0. The van der Waals surface area contributed by atoms with Crippen LogP contribution < -0.4 is 4.74 Å². The van der Waals surface area contributed by atoms with Crippen LogP contribution >= 0.6 is 0 Å². The molecule has 1 aromatic rings. The Balaban J connectivity index is 0.000000679. The molecule has 6 nitrogen and oxygen atoms in total. The van der Waals surface area contributed by atoms with Gasteiger partial charge in [-0.3, -0.25) is 9.59 Å². The van der Waals surface area contributed by atoms with Crippen molar-refractivity contribution in [1.29, 1.82) is 0 Å². The van der Waals surface area contributed by atoms with Gasteiger partial charge in [0.2, 0.25) is 0 Å². The number of aromatic hydroxyl groups is 1. The molecular formula is C36H62O6. The van der Waals surface area contributed by atoms with Gasteiger partial charge in [0.25, 0.3) is 0 Å². The highest BCUT2D eigenvalue weighted by Crippen LogP contribution is 2.44. The van der Waals surface area contributed by atoms with E-state index in [1.165, 1.54) is 70.8 Å². The van der Waals surface area contributed by atoms with Crippen LogP contribution in [0.5, 0.6) is 11.5 Å². The molecule has 0 radical (unpaired) electrons. The number of aliphatic carboxylic acids is 2. The van der Waals surface area contributed by atoms with E-state index in [0.717, 1.165) is 59.5 Å². The highest BCUT2D eigenvalue weighted by molar-refractivity contribution is 5.75. The van der Waals surface area contributed by atoms with Crippen LogP contribution in [-0.4, -0.2) is 32.9 Å². The minimum Gasteiger partial charge on any atom is -0.507 e. The normalized spacial score (nSPS) is 18.0. The third-order valence-electron chi connectivity index (χ3n) is 9.41. The molecule has 1 aliphatic heterocycles. The van der Waals surface area contributed by atoms with E-state index in [4.69, 9.17) is 14.9 Å². The maximum absolute atomic E-state index is 10.4. The number of hydrogen-bond acceptors (Lipinski definition) is 4. The van der Waals surface area contributed by atoms with Gasteiger partial charge in [-0.15, -0.1) is 0 Å². The number of phenols is 1. The fourth-order valence-corrected chi connectivity index (χ4v) is 5.80. The Hall–Kier alpha value is -2.24. The Bertz CT molecular complexity index is 1010. The van der Waals surface area contributed by atoms with Gasteiger partial charge in [0.1, 0.15) is 17.1 Å². The largest absolute Gasteiger partial charge is 0.507 e. The van der Waals surface area contributed by atoms with Gasteiger partial charge in [-0.2, -0.15) is 0 Å². The molecule has 3 atom stereocenters. The summed E-state index contributed by atoms with van der Waals surface area (Å²) < 4.78 is 6.60. The monoisotopic (exact) mass is 590 g/mol. The predicted octanol–water partition coefficient (Wildman–Crippen LogP) is 9.80. The molecule has 6 heteroatoms. The number of phenolic OH excluding ortho intramolecular Hbond substituents is 1. The maximum atomic E-state index is 10.4. The van der Waals surface area contributed by atoms with Crippen LogP contribution in [0.25, 0.3) is 0 Å². The number of fused-ring (bicyclic) bond motifs is 1. The predicted molar refractivity (Wildman–Crippen MR) is 173 cm³/mol. The minimum atomic E-state index is -0.959. The molecule has 1 heterocycles. The summed E-state index contributed by atoms with van der Waals surface area (Å²) in [7, 11) is 0. The first-order chi connectivity index (χ1) is 19.4. The standard InChI is InChI=1S/C29H50O2.C7H12O4/c1-20(2)12-9-13-21(3)14-10-15-22(4)16-11-18-29(8)19-17-26-25(7)27(30)23(5)24(6)28(26)31-29;1-7(2,6(10)11)4-3-5(8)9/h20-22,30H,9-19H2,1-8H3;3-4H2,1-2H3,(H,8,9)(H,10,11)/t21-,22-,29-;/m1./s1. The molecule has 0 saturated heterocycles. The molecule has 0 amide bonds. The number of carboxylic acids is 2. The molecule has 0 aromatic heterocycles. The zero-order valence-corrected chi connectivity index (χ0v) is 28.5. The van der Waals surface area contributed by atoms with Gasteiger partial charge >= 0.3 is 11.9 Å². The molecule has 0 unspecified atom stereocenters.